The van der Waals surface area contributed by atoms with Crippen LogP contribution in [0.2, 0.25) is 0 Å². The molecule has 1 atom stereocenters. The van der Waals surface area contributed by atoms with E-state index in [1.54, 1.807) is 0 Å². The highest BCUT2D eigenvalue weighted by Gasteiger charge is 2.36. The largest absolute Gasteiger partial charge is 0.419 e. The van der Waals surface area contributed by atoms with Gasteiger partial charge in [0.1, 0.15) is 11.4 Å². The molecule has 0 aromatic heterocycles. The molecule has 0 aliphatic carbocycles. The maximum atomic E-state index is 13.0. The molecule has 6 heteroatoms. The minimum atomic E-state index is -4.88. The van der Waals surface area contributed by atoms with E-state index in [4.69, 9.17) is 0 Å². The van der Waals surface area contributed by atoms with Crippen molar-refractivity contribution >= 4 is 5.78 Å². The average Bonchev–Trinajstić information content (AvgIpc) is 2.27. The molecular weight excluding hydrogens is 252 g/mol. The Kier molecular flexibility index (Phi) is 3.81. The second kappa shape index (κ2) is 4.68. The molecule has 0 heterocycles. The summed E-state index contributed by atoms with van der Waals surface area (Å²) in [5.74, 6) is -2.31. The van der Waals surface area contributed by atoms with E-state index >= 15 is 0 Å². The first kappa shape index (κ1) is 14.6. The Labute approximate surface area is 101 Å². The Morgan fingerprint density at radius 2 is 1.89 bits per heavy atom. The lowest BCUT2D eigenvalue weighted by Gasteiger charge is -2.20. The summed E-state index contributed by atoms with van der Waals surface area (Å²) in [6.45, 7) is 2.72. The zero-order valence-electron chi connectivity index (χ0n) is 9.81. The van der Waals surface area contributed by atoms with Crippen molar-refractivity contribution in [3.8, 4) is 0 Å². The van der Waals surface area contributed by atoms with Crippen LogP contribution in [0.15, 0.2) is 18.2 Å². The zero-order valence-corrected chi connectivity index (χ0v) is 9.81. The minimum absolute atomic E-state index is 0.0462. The predicted octanol–water partition coefficient (Wildman–Crippen LogP) is 3.19. The van der Waals surface area contributed by atoms with Gasteiger partial charge in [0, 0.05) is 5.56 Å². The van der Waals surface area contributed by atoms with E-state index in [9.17, 15) is 27.5 Å². The van der Waals surface area contributed by atoms with Gasteiger partial charge in [-0.15, -0.1) is 0 Å². The molecule has 0 radical (unpaired) electrons. The van der Waals surface area contributed by atoms with Crippen LogP contribution in [0.3, 0.4) is 0 Å². The van der Waals surface area contributed by atoms with Gasteiger partial charge in [0.25, 0.3) is 0 Å². The van der Waals surface area contributed by atoms with Gasteiger partial charge < -0.3 is 5.11 Å². The number of hydrogen-bond acceptors (Lipinski definition) is 2. The molecule has 1 aromatic carbocycles. The predicted molar refractivity (Wildman–Crippen MR) is 56.6 cm³/mol. The number of hydrogen-bond donors (Lipinski definition) is 1. The molecule has 18 heavy (non-hydrogen) atoms. The Morgan fingerprint density at radius 1 is 1.33 bits per heavy atom. The Hall–Kier alpha value is -1.43. The van der Waals surface area contributed by atoms with E-state index in [0.29, 0.717) is 12.1 Å². The number of carbonyl (C=O) groups excluding carboxylic acids is 1. The molecule has 0 bridgehead atoms. The van der Waals surface area contributed by atoms with Crippen molar-refractivity contribution in [2.24, 2.45) is 0 Å². The molecule has 0 saturated carbocycles. The average molecular weight is 264 g/mol. The fourth-order valence-corrected chi connectivity index (χ4v) is 1.36. The molecule has 1 rings (SSSR count). The van der Waals surface area contributed by atoms with Crippen LogP contribution in [-0.2, 0) is 6.18 Å². The third kappa shape index (κ3) is 2.87. The smallest absolute Gasteiger partial charge is 0.382 e. The second-order valence-corrected chi connectivity index (χ2v) is 4.15. The molecule has 0 saturated heterocycles. The van der Waals surface area contributed by atoms with Crippen molar-refractivity contribution in [3.05, 3.63) is 35.1 Å². The van der Waals surface area contributed by atoms with Crippen LogP contribution in [0.4, 0.5) is 17.6 Å². The third-order valence-corrected chi connectivity index (χ3v) is 2.71. The van der Waals surface area contributed by atoms with Crippen molar-refractivity contribution in [2.45, 2.75) is 32.0 Å². The maximum absolute atomic E-state index is 13.0. The molecule has 2 nitrogen and oxygen atoms in total. The van der Waals surface area contributed by atoms with E-state index in [1.165, 1.54) is 13.8 Å². The summed E-state index contributed by atoms with van der Waals surface area (Å²) in [5.41, 5.74) is -3.64. The molecule has 0 fully saturated rings. The number of benzene rings is 1. The molecule has 0 spiro atoms. The number of rotatable bonds is 3. The molecule has 1 N–H and O–H groups in total. The number of alkyl halides is 3. The van der Waals surface area contributed by atoms with E-state index < -0.39 is 28.9 Å². The van der Waals surface area contributed by atoms with Gasteiger partial charge in [0.15, 0.2) is 5.78 Å². The van der Waals surface area contributed by atoms with Crippen LogP contribution in [0, 0.1) is 5.82 Å². The highest BCUT2D eigenvalue weighted by molar-refractivity contribution is 6.02. The summed E-state index contributed by atoms with van der Waals surface area (Å²) >= 11 is 0. The minimum Gasteiger partial charge on any atom is -0.382 e. The standard InChI is InChI=1S/C12H12F4O2/c1-3-11(2,18)10(17)7-4-5-9(13)8(6-7)12(14,15)16/h4-6,18H,3H2,1-2H3. The van der Waals surface area contributed by atoms with Crippen LogP contribution >= 0.6 is 0 Å². The SMILES string of the molecule is CCC(C)(O)C(=O)c1ccc(F)c(C(F)(F)F)c1. The number of halogens is 4. The fraction of sp³-hybridized carbons (Fsp3) is 0.417. The first-order valence-corrected chi connectivity index (χ1v) is 5.23. The Morgan fingerprint density at radius 3 is 2.33 bits per heavy atom. The van der Waals surface area contributed by atoms with Gasteiger partial charge in [-0.3, -0.25) is 4.79 Å². The number of carbonyl (C=O) groups is 1. The van der Waals surface area contributed by atoms with Gasteiger partial charge in [-0.1, -0.05) is 6.92 Å². The summed E-state index contributed by atoms with van der Waals surface area (Å²) in [4.78, 5) is 11.7. The highest BCUT2D eigenvalue weighted by Crippen LogP contribution is 2.32. The van der Waals surface area contributed by atoms with Crippen molar-refractivity contribution in [1.29, 1.82) is 0 Å². The summed E-state index contributed by atoms with van der Waals surface area (Å²) in [7, 11) is 0. The molecule has 1 unspecified atom stereocenters. The molecule has 0 aliphatic rings. The summed E-state index contributed by atoms with van der Waals surface area (Å²) in [6.07, 6.45) is -4.83. The van der Waals surface area contributed by atoms with E-state index in [2.05, 4.69) is 0 Å². The maximum Gasteiger partial charge on any atom is 0.419 e. The summed E-state index contributed by atoms with van der Waals surface area (Å²) in [6, 6.07) is 1.92. The Bertz CT molecular complexity index is 464. The van der Waals surface area contributed by atoms with Crippen LogP contribution in [-0.4, -0.2) is 16.5 Å². The third-order valence-electron chi connectivity index (χ3n) is 2.71. The zero-order chi connectivity index (χ0) is 14.1. The van der Waals surface area contributed by atoms with Crippen LogP contribution in [0.1, 0.15) is 36.2 Å². The fourth-order valence-electron chi connectivity index (χ4n) is 1.36. The number of aliphatic hydroxyl groups is 1. The van der Waals surface area contributed by atoms with Gasteiger partial charge in [0.05, 0.1) is 5.56 Å². The van der Waals surface area contributed by atoms with Crippen molar-refractivity contribution in [1.82, 2.24) is 0 Å². The molecule has 0 amide bonds. The van der Waals surface area contributed by atoms with Crippen molar-refractivity contribution in [3.63, 3.8) is 0 Å². The topological polar surface area (TPSA) is 37.3 Å². The summed E-state index contributed by atoms with van der Waals surface area (Å²) in [5, 5.41) is 9.68. The van der Waals surface area contributed by atoms with E-state index in [1.807, 2.05) is 0 Å². The Balaban J connectivity index is 3.26. The van der Waals surface area contributed by atoms with Crippen LogP contribution < -0.4 is 0 Å². The van der Waals surface area contributed by atoms with Crippen molar-refractivity contribution in [2.75, 3.05) is 0 Å². The first-order valence-electron chi connectivity index (χ1n) is 5.23. The second-order valence-electron chi connectivity index (χ2n) is 4.15. The summed E-state index contributed by atoms with van der Waals surface area (Å²) < 4.78 is 50.4. The molecule has 1 aromatic rings. The van der Waals surface area contributed by atoms with Gasteiger partial charge in [-0.25, -0.2) is 4.39 Å². The highest BCUT2D eigenvalue weighted by atomic mass is 19.4. The number of ketones is 1. The van der Waals surface area contributed by atoms with Gasteiger partial charge >= 0.3 is 6.18 Å². The van der Waals surface area contributed by atoms with Crippen molar-refractivity contribution < 1.29 is 27.5 Å². The molecule has 0 aliphatic heterocycles. The first-order chi connectivity index (χ1) is 8.09. The molecule has 100 valence electrons. The lowest BCUT2D eigenvalue weighted by molar-refractivity contribution is -0.140. The lowest BCUT2D eigenvalue weighted by Crippen LogP contribution is -2.34. The normalized spacial score (nSPS) is 15.3. The van der Waals surface area contributed by atoms with Gasteiger partial charge in [0.2, 0.25) is 0 Å². The van der Waals surface area contributed by atoms with E-state index in [0.717, 1.165) is 6.07 Å². The number of Topliss-reactive ketones (excluding diaryl/α,β-unsaturated/α-hetero) is 1. The van der Waals surface area contributed by atoms with Gasteiger partial charge in [-0.05, 0) is 31.5 Å². The van der Waals surface area contributed by atoms with Gasteiger partial charge in [-0.2, -0.15) is 13.2 Å². The lowest BCUT2D eigenvalue weighted by atomic mass is 9.91. The monoisotopic (exact) mass is 264 g/mol. The van der Waals surface area contributed by atoms with Crippen LogP contribution in [0.25, 0.3) is 0 Å². The molecular formula is C12H12F4O2. The van der Waals surface area contributed by atoms with Crippen LogP contribution in [0.5, 0.6) is 0 Å². The quantitative estimate of drug-likeness (QED) is 0.672. The van der Waals surface area contributed by atoms with E-state index in [-0.39, 0.29) is 12.0 Å².